The van der Waals surface area contributed by atoms with E-state index in [-0.39, 0.29) is 5.92 Å². The lowest BCUT2D eigenvalue weighted by Crippen LogP contribution is -2.35. The van der Waals surface area contributed by atoms with Crippen LogP contribution in [0.2, 0.25) is 0 Å². The summed E-state index contributed by atoms with van der Waals surface area (Å²) in [7, 11) is 4.00. The first-order chi connectivity index (χ1) is 15.1. The molecular formula is C24H29F2NO5. The molecule has 1 aliphatic rings. The highest BCUT2D eigenvalue weighted by Crippen LogP contribution is 2.47. The highest BCUT2D eigenvalue weighted by molar-refractivity contribution is 6.27. The summed E-state index contributed by atoms with van der Waals surface area (Å²) in [6.45, 7) is 0.850. The van der Waals surface area contributed by atoms with Crippen LogP contribution in [0.3, 0.4) is 0 Å². The highest BCUT2D eigenvalue weighted by Gasteiger charge is 2.42. The Labute approximate surface area is 186 Å². The molecule has 6 nitrogen and oxygen atoms in total. The number of aliphatic hydroxyl groups is 1. The SMILES string of the molecule is CN(C)CCC[C@@]1(O)c2ccccc2CCC[C@@H]1c1ccc(F)cc1F.O=C(O)C(=O)O. The normalized spacial score (nSPS) is 20.0. The minimum atomic E-state index is -1.82. The van der Waals surface area contributed by atoms with Crippen molar-refractivity contribution in [3.8, 4) is 0 Å². The molecule has 0 aliphatic heterocycles. The summed E-state index contributed by atoms with van der Waals surface area (Å²) in [6.07, 6.45) is 3.76. The molecule has 0 amide bonds. The van der Waals surface area contributed by atoms with Crippen LogP contribution in [0, 0.1) is 11.6 Å². The first-order valence-corrected chi connectivity index (χ1v) is 10.4. The van der Waals surface area contributed by atoms with Crippen LogP contribution in [0.25, 0.3) is 0 Å². The third-order valence-corrected chi connectivity index (χ3v) is 5.68. The van der Waals surface area contributed by atoms with Gasteiger partial charge in [0.25, 0.3) is 0 Å². The summed E-state index contributed by atoms with van der Waals surface area (Å²) < 4.78 is 28.0. The number of hydrogen-bond donors (Lipinski definition) is 3. The van der Waals surface area contributed by atoms with Gasteiger partial charge in [-0.1, -0.05) is 30.3 Å². The van der Waals surface area contributed by atoms with Crippen molar-refractivity contribution in [3.05, 3.63) is 70.8 Å². The molecule has 2 aromatic carbocycles. The average molecular weight is 449 g/mol. The quantitative estimate of drug-likeness (QED) is 0.475. The fourth-order valence-electron chi connectivity index (χ4n) is 4.25. The van der Waals surface area contributed by atoms with E-state index in [0.717, 1.165) is 43.0 Å². The van der Waals surface area contributed by atoms with Crippen molar-refractivity contribution in [1.29, 1.82) is 0 Å². The van der Waals surface area contributed by atoms with Crippen molar-refractivity contribution in [2.75, 3.05) is 20.6 Å². The molecule has 3 rings (SSSR count). The van der Waals surface area contributed by atoms with Gasteiger partial charge in [0.05, 0.1) is 5.60 Å². The van der Waals surface area contributed by atoms with Crippen molar-refractivity contribution < 1.29 is 33.7 Å². The van der Waals surface area contributed by atoms with Gasteiger partial charge in [0.1, 0.15) is 11.6 Å². The predicted octanol–water partition coefficient (Wildman–Crippen LogP) is 3.77. The van der Waals surface area contributed by atoms with Crippen molar-refractivity contribution in [2.24, 2.45) is 0 Å². The third kappa shape index (κ3) is 6.34. The number of nitrogens with zero attached hydrogens (tertiary/aromatic N) is 1. The van der Waals surface area contributed by atoms with Crippen LogP contribution in [0.4, 0.5) is 8.78 Å². The molecule has 3 N–H and O–H groups in total. The van der Waals surface area contributed by atoms with Crippen LogP contribution < -0.4 is 0 Å². The van der Waals surface area contributed by atoms with Crippen LogP contribution >= 0.6 is 0 Å². The standard InChI is InChI=1S/C22H27F2NO.C2H2O4/c1-25(2)14-6-13-22(26)19-9-4-3-7-16(19)8-5-10-20(22)18-12-11-17(23)15-21(18)24;3-1(4)2(5)6/h3-4,7,9,11-12,15,20,26H,5-6,8,10,13-14H2,1-2H3;(H,3,4)(H,5,6)/t20-,22-;/m1./s1. The molecular weight excluding hydrogens is 420 g/mol. The number of benzene rings is 2. The van der Waals surface area contributed by atoms with Gasteiger partial charge in [0.15, 0.2) is 0 Å². The van der Waals surface area contributed by atoms with Crippen LogP contribution in [-0.4, -0.2) is 52.8 Å². The fourth-order valence-corrected chi connectivity index (χ4v) is 4.25. The maximum absolute atomic E-state index is 14.6. The monoisotopic (exact) mass is 449 g/mol. The van der Waals surface area contributed by atoms with Crippen LogP contribution in [0.15, 0.2) is 42.5 Å². The Morgan fingerprint density at radius 3 is 2.34 bits per heavy atom. The van der Waals surface area contributed by atoms with E-state index >= 15 is 0 Å². The molecule has 174 valence electrons. The maximum Gasteiger partial charge on any atom is 0.414 e. The van der Waals surface area contributed by atoms with Gasteiger partial charge in [-0.15, -0.1) is 0 Å². The van der Waals surface area contributed by atoms with Crippen LogP contribution in [0.1, 0.15) is 48.3 Å². The zero-order chi connectivity index (χ0) is 23.9. The lowest BCUT2D eigenvalue weighted by molar-refractivity contribution is -0.159. The van der Waals surface area contributed by atoms with E-state index in [0.29, 0.717) is 18.4 Å². The molecule has 0 saturated carbocycles. The Morgan fingerprint density at radius 1 is 1.09 bits per heavy atom. The van der Waals surface area contributed by atoms with Gasteiger partial charge in [0.2, 0.25) is 0 Å². The molecule has 0 saturated heterocycles. The molecule has 0 spiro atoms. The van der Waals surface area contributed by atoms with E-state index in [1.54, 1.807) is 0 Å². The summed E-state index contributed by atoms with van der Waals surface area (Å²) in [5.41, 5.74) is 1.28. The van der Waals surface area contributed by atoms with Crippen molar-refractivity contribution in [2.45, 2.75) is 43.6 Å². The summed E-state index contributed by atoms with van der Waals surface area (Å²) in [5, 5.41) is 26.6. The van der Waals surface area contributed by atoms with E-state index < -0.39 is 29.2 Å². The Bertz CT molecular complexity index is 938. The Hall–Kier alpha value is -2.84. The van der Waals surface area contributed by atoms with E-state index in [1.807, 2.05) is 32.3 Å². The van der Waals surface area contributed by atoms with Gasteiger partial charge in [-0.3, -0.25) is 0 Å². The molecule has 0 fully saturated rings. The molecule has 0 unspecified atom stereocenters. The molecule has 8 heteroatoms. The topological polar surface area (TPSA) is 98.1 Å². The number of carboxylic acid groups (broad SMARTS) is 2. The summed E-state index contributed by atoms with van der Waals surface area (Å²) in [6, 6.07) is 11.6. The molecule has 1 aliphatic carbocycles. The second-order valence-electron chi connectivity index (χ2n) is 8.21. The van der Waals surface area contributed by atoms with Crippen LogP contribution in [-0.2, 0) is 21.6 Å². The van der Waals surface area contributed by atoms with Gasteiger partial charge in [-0.25, -0.2) is 18.4 Å². The fraction of sp³-hybridized carbons (Fsp3) is 0.417. The minimum Gasteiger partial charge on any atom is -0.473 e. The molecule has 0 heterocycles. The molecule has 0 bridgehead atoms. The highest BCUT2D eigenvalue weighted by atomic mass is 19.1. The van der Waals surface area contributed by atoms with Crippen molar-refractivity contribution in [3.63, 3.8) is 0 Å². The Kier molecular flexibility index (Phi) is 8.86. The van der Waals surface area contributed by atoms with Gasteiger partial charge in [0, 0.05) is 12.0 Å². The number of halogens is 2. The van der Waals surface area contributed by atoms with E-state index in [2.05, 4.69) is 11.0 Å². The van der Waals surface area contributed by atoms with Gasteiger partial charge < -0.3 is 20.2 Å². The number of fused-ring (bicyclic) bond motifs is 1. The number of carbonyl (C=O) groups is 2. The second kappa shape index (κ2) is 11.2. The van der Waals surface area contributed by atoms with E-state index in [4.69, 9.17) is 19.8 Å². The number of aryl methyl sites for hydroxylation is 1. The Balaban J connectivity index is 0.000000534. The first kappa shape index (κ1) is 25.4. The number of carboxylic acids is 2. The number of rotatable bonds is 5. The number of aliphatic carboxylic acids is 2. The molecule has 2 atom stereocenters. The average Bonchev–Trinajstić information content (AvgIpc) is 2.85. The first-order valence-electron chi connectivity index (χ1n) is 10.4. The largest absolute Gasteiger partial charge is 0.473 e. The smallest absolute Gasteiger partial charge is 0.414 e. The molecule has 32 heavy (non-hydrogen) atoms. The zero-order valence-corrected chi connectivity index (χ0v) is 18.2. The van der Waals surface area contributed by atoms with Gasteiger partial charge in [-0.2, -0.15) is 0 Å². The second-order valence-corrected chi connectivity index (χ2v) is 8.21. The van der Waals surface area contributed by atoms with Crippen molar-refractivity contribution in [1.82, 2.24) is 4.90 Å². The Morgan fingerprint density at radius 2 is 1.75 bits per heavy atom. The van der Waals surface area contributed by atoms with Gasteiger partial charge >= 0.3 is 11.9 Å². The molecule has 2 aromatic rings. The lowest BCUT2D eigenvalue weighted by atomic mass is 9.73. The van der Waals surface area contributed by atoms with Gasteiger partial charge in [-0.05, 0) is 75.5 Å². The van der Waals surface area contributed by atoms with Crippen molar-refractivity contribution >= 4 is 11.9 Å². The predicted molar refractivity (Wildman–Crippen MR) is 115 cm³/mol. The van der Waals surface area contributed by atoms with E-state index in [1.165, 1.54) is 12.1 Å². The molecule has 0 radical (unpaired) electrons. The summed E-state index contributed by atoms with van der Waals surface area (Å²) >= 11 is 0. The minimum absolute atomic E-state index is 0.381. The summed E-state index contributed by atoms with van der Waals surface area (Å²) in [5.74, 6) is -5.18. The zero-order valence-electron chi connectivity index (χ0n) is 18.2. The summed E-state index contributed by atoms with van der Waals surface area (Å²) in [4.78, 5) is 20.3. The maximum atomic E-state index is 14.6. The lowest BCUT2D eigenvalue weighted by Gasteiger charge is -2.37. The molecule has 0 aromatic heterocycles. The third-order valence-electron chi connectivity index (χ3n) is 5.68. The number of hydrogen-bond acceptors (Lipinski definition) is 4. The van der Waals surface area contributed by atoms with E-state index in [9.17, 15) is 13.9 Å². The van der Waals surface area contributed by atoms with Crippen LogP contribution in [0.5, 0.6) is 0 Å².